The summed E-state index contributed by atoms with van der Waals surface area (Å²) in [4.78, 5) is 21.6. The van der Waals surface area contributed by atoms with Crippen molar-refractivity contribution in [2.75, 3.05) is 17.7 Å². The zero-order chi connectivity index (χ0) is 13.1. The second-order valence-electron chi connectivity index (χ2n) is 3.69. The smallest absolute Gasteiger partial charge is 0.259 e. The van der Waals surface area contributed by atoms with Gasteiger partial charge in [0.05, 0.1) is 23.1 Å². The number of nitrogen functional groups attached to an aromatic ring is 1. The van der Waals surface area contributed by atoms with Gasteiger partial charge in [0.2, 0.25) is 0 Å². The van der Waals surface area contributed by atoms with Crippen LogP contribution in [0.5, 0.6) is 0 Å². The third-order valence-corrected chi connectivity index (χ3v) is 2.88. The molecule has 2 heterocycles. The molecule has 2 aromatic heterocycles. The summed E-state index contributed by atoms with van der Waals surface area (Å²) in [5, 5.41) is 0. The van der Waals surface area contributed by atoms with Crippen LogP contribution in [0.15, 0.2) is 41.4 Å². The summed E-state index contributed by atoms with van der Waals surface area (Å²) in [6, 6.07) is 3.40. The number of carbonyl (C=O) groups is 1. The Morgan fingerprint density at radius 2 is 2.11 bits per heavy atom. The van der Waals surface area contributed by atoms with E-state index in [0.717, 1.165) is 4.47 Å². The summed E-state index contributed by atoms with van der Waals surface area (Å²) in [5.41, 5.74) is 7.35. The van der Waals surface area contributed by atoms with E-state index in [1.54, 1.807) is 31.6 Å². The molecule has 6 heteroatoms. The zero-order valence-electron chi connectivity index (χ0n) is 9.67. The number of halogens is 1. The number of carbonyl (C=O) groups excluding carboxylic acids is 1. The Morgan fingerprint density at radius 3 is 2.78 bits per heavy atom. The SMILES string of the molecule is CN(C(=O)c1cncc(Br)c1)c1ccncc1N. The van der Waals surface area contributed by atoms with Gasteiger partial charge < -0.3 is 10.6 Å². The Balaban J connectivity index is 2.32. The molecule has 0 atom stereocenters. The number of hydrogen-bond acceptors (Lipinski definition) is 4. The second kappa shape index (κ2) is 5.14. The normalized spacial score (nSPS) is 10.1. The van der Waals surface area contributed by atoms with E-state index < -0.39 is 0 Å². The largest absolute Gasteiger partial charge is 0.396 e. The molecule has 5 nitrogen and oxygen atoms in total. The van der Waals surface area contributed by atoms with Crippen LogP contribution in [0.2, 0.25) is 0 Å². The maximum absolute atomic E-state index is 12.2. The number of nitrogens with two attached hydrogens (primary N) is 1. The highest BCUT2D eigenvalue weighted by molar-refractivity contribution is 9.10. The molecule has 18 heavy (non-hydrogen) atoms. The van der Waals surface area contributed by atoms with Crippen LogP contribution in [0.3, 0.4) is 0 Å². The lowest BCUT2D eigenvalue weighted by Gasteiger charge is -2.18. The molecular weight excluding hydrogens is 296 g/mol. The monoisotopic (exact) mass is 306 g/mol. The Labute approximate surface area is 113 Å². The van der Waals surface area contributed by atoms with Gasteiger partial charge in [-0.1, -0.05) is 0 Å². The fourth-order valence-electron chi connectivity index (χ4n) is 1.54. The van der Waals surface area contributed by atoms with E-state index in [2.05, 4.69) is 25.9 Å². The van der Waals surface area contributed by atoms with E-state index >= 15 is 0 Å². The van der Waals surface area contributed by atoms with E-state index in [-0.39, 0.29) is 5.91 Å². The summed E-state index contributed by atoms with van der Waals surface area (Å²) < 4.78 is 0.754. The fourth-order valence-corrected chi connectivity index (χ4v) is 1.90. The van der Waals surface area contributed by atoms with Gasteiger partial charge in [-0.05, 0) is 28.1 Å². The Kier molecular flexibility index (Phi) is 3.57. The van der Waals surface area contributed by atoms with Crippen LogP contribution in [-0.2, 0) is 0 Å². The molecule has 0 aliphatic carbocycles. The summed E-state index contributed by atoms with van der Waals surface area (Å²) in [7, 11) is 1.66. The summed E-state index contributed by atoms with van der Waals surface area (Å²) in [6.45, 7) is 0. The molecule has 0 aliphatic rings. The van der Waals surface area contributed by atoms with Gasteiger partial charge in [0.25, 0.3) is 5.91 Å². The van der Waals surface area contributed by atoms with E-state index in [9.17, 15) is 4.79 Å². The molecule has 0 radical (unpaired) electrons. The lowest BCUT2D eigenvalue weighted by Crippen LogP contribution is -2.27. The van der Waals surface area contributed by atoms with Gasteiger partial charge in [-0.25, -0.2) is 0 Å². The molecule has 92 valence electrons. The highest BCUT2D eigenvalue weighted by Gasteiger charge is 2.15. The van der Waals surface area contributed by atoms with Gasteiger partial charge in [0.15, 0.2) is 0 Å². The number of pyridine rings is 2. The standard InChI is InChI=1S/C12H11BrN4O/c1-17(11-2-3-15-7-10(11)14)12(18)8-4-9(13)6-16-5-8/h2-7H,14H2,1H3. The molecule has 0 fully saturated rings. The van der Waals surface area contributed by atoms with Gasteiger partial charge in [0, 0.05) is 30.1 Å². The van der Waals surface area contributed by atoms with Crippen molar-refractivity contribution in [2.24, 2.45) is 0 Å². The lowest BCUT2D eigenvalue weighted by atomic mass is 10.2. The Morgan fingerprint density at radius 1 is 1.33 bits per heavy atom. The van der Waals surface area contributed by atoms with Gasteiger partial charge in [-0.15, -0.1) is 0 Å². The first kappa shape index (κ1) is 12.5. The van der Waals surface area contributed by atoms with E-state index in [0.29, 0.717) is 16.9 Å². The molecule has 2 rings (SSSR count). The quantitative estimate of drug-likeness (QED) is 0.922. The first-order chi connectivity index (χ1) is 8.59. The molecule has 0 spiro atoms. The molecule has 0 unspecified atom stereocenters. The van der Waals surface area contributed by atoms with Gasteiger partial charge in [-0.2, -0.15) is 0 Å². The highest BCUT2D eigenvalue weighted by atomic mass is 79.9. The summed E-state index contributed by atoms with van der Waals surface area (Å²) >= 11 is 3.28. The number of amides is 1. The minimum Gasteiger partial charge on any atom is -0.396 e. The molecule has 0 bridgehead atoms. The van der Waals surface area contributed by atoms with E-state index in [1.165, 1.54) is 17.3 Å². The van der Waals surface area contributed by atoms with Crippen LogP contribution in [0, 0.1) is 0 Å². The van der Waals surface area contributed by atoms with Crippen molar-refractivity contribution in [3.8, 4) is 0 Å². The van der Waals surface area contributed by atoms with Gasteiger partial charge in [0.1, 0.15) is 0 Å². The first-order valence-corrected chi connectivity index (χ1v) is 5.97. The van der Waals surface area contributed by atoms with Crippen LogP contribution in [0.1, 0.15) is 10.4 Å². The second-order valence-corrected chi connectivity index (χ2v) is 4.61. The Bertz CT molecular complexity index is 588. The fraction of sp³-hybridized carbons (Fsp3) is 0.0833. The van der Waals surface area contributed by atoms with E-state index in [1.807, 2.05) is 0 Å². The van der Waals surface area contributed by atoms with Crippen molar-refractivity contribution in [2.45, 2.75) is 0 Å². The zero-order valence-corrected chi connectivity index (χ0v) is 11.3. The van der Waals surface area contributed by atoms with Crippen LogP contribution < -0.4 is 10.6 Å². The molecule has 0 aliphatic heterocycles. The van der Waals surface area contributed by atoms with Crippen molar-refractivity contribution in [1.82, 2.24) is 9.97 Å². The van der Waals surface area contributed by atoms with E-state index in [4.69, 9.17) is 5.73 Å². The predicted octanol–water partition coefficient (Wildman–Crippen LogP) is 2.10. The summed E-state index contributed by atoms with van der Waals surface area (Å²) in [5.74, 6) is -0.179. The minimum absolute atomic E-state index is 0.179. The van der Waals surface area contributed by atoms with Crippen molar-refractivity contribution in [3.63, 3.8) is 0 Å². The molecule has 0 aromatic carbocycles. The molecule has 0 saturated carbocycles. The molecule has 0 saturated heterocycles. The highest BCUT2D eigenvalue weighted by Crippen LogP contribution is 2.22. The van der Waals surface area contributed by atoms with Crippen LogP contribution >= 0.6 is 15.9 Å². The van der Waals surface area contributed by atoms with Gasteiger partial charge in [-0.3, -0.25) is 14.8 Å². The average molecular weight is 307 g/mol. The number of rotatable bonds is 2. The van der Waals surface area contributed by atoms with Crippen molar-refractivity contribution in [3.05, 3.63) is 47.0 Å². The minimum atomic E-state index is -0.179. The summed E-state index contributed by atoms with van der Waals surface area (Å²) in [6.07, 6.45) is 6.24. The lowest BCUT2D eigenvalue weighted by molar-refractivity contribution is 0.0992. The topological polar surface area (TPSA) is 72.1 Å². The van der Waals surface area contributed by atoms with Crippen molar-refractivity contribution in [1.29, 1.82) is 0 Å². The molecule has 2 N–H and O–H groups in total. The average Bonchev–Trinajstić information content (AvgIpc) is 2.37. The maximum Gasteiger partial charge on any atom is 0.259 e. The Hall–Kier alpha value is -1.95. The van der Waals surface area contributed by atoms with Crippen molar-refractivity contribution >= 4 is 33.2 Å². The number of hydrogen-bond donors (Lipinski definition) is 1. The maximum atomic E-state index is 12.2. The molecule has 2 aromatic rings. The van der Waals surface area contributed by atoms with Gasteiger partial charge >= 0.3 is 0 Å². The molecule has 1 amide bonds. The third kappa shape index (κ3) is 2.48. The number of aromatic nitrogens is 2. The first-order valence-electron chi connectivity index (χ1n) is 5.17. The number of anilines is 2. The van der Waals surface area contributed by atoms with Crippen LogP contribution in [0.25, 0.3) is 0 Å². The number of nitrogens with zero attached hydrogens (tertiary/aromatic N) is 3. The predicted molar refractivity (Wildman–Crippen MR) is 73.3 cm³/mol. The van der Waals surface area contributed by atoms with Crippen LogP contribution in [0.4, 0.5) is 11.4 Å². The van der Waals surface area contributed by atoms with Crippen molar-refractivity contribution < 1.29 is 4.79 Å². The van der Waals surface area contributed by atoms with Crippen LogP contribution in [-0.4, -0.2) is 22.9 Å². The third-order valence-electron chi connectivity index (χ3n) is 2.45. The molecular formula is C12H11BrN4O.